The van der Waals surface area contributed by atoms with Gasteiger partial charge in [0.15, 0.2) is 0 Å². The third kappa shape index (κ3) is 1.75. The van der Waals surface area contributed by atoms with Gasteiger partial charge in [-0.1, -0.05) is 0 Å². The molecule has 2 rings (SSSR count). The van der Waals surface area contributed by atoms with Gasteiger partial charge in [-0.2, -0.15) is 5.10 Å². The van der Waals surface area contributed by atoms with Crippen LogP contribution in [-0.2, 0) is 10.0 Å². The van der Waals surface area contributed by atoms with Crippen LogP contribution in [0.1, 0.15) is 10.4 Å². The summed E-state index contributed by atoms with van der Waals surface area (Å²) in [5.41, 5.74) is 5.48. The quantitative estimate of drug-likeness (QED) is 0.825. The Hall–Kier alpha value is -1.93. The van der Waals surface area contributed by atoms with E-state index in [0.29, 0.717) is 0 Å². The summed E-state index contributed by atoms with van der Waals surface area (Å²) in [5.74, 6) is -0.716. The molecule has 0 bridgehead atoms. The summed E-state index contributed by atoms with van der Waals surface area (Å²) in [6, 6.07) is 2.96. The minimum absolute atomic E-state index is 0.00120. The number of hydrogen-bond donors (Lipinski definition) is 1. The van der Waals surface area contributed by atoms with Gasteiger partial charge in [-0.05, 0) is 12.1 Å². The molecule has 0 aliphatic rings. The van der Waals surface area contributed by atoms with Crippen LogP contribution in [0.3, 0.4) is 0 Å². The van der Waals surface area contributed by atoms with E-state index >= 15 is 0 Å². The standard InChI is InChI=1S/C10H12N4O3S/c1-13(2)18(16,17)8-4-3-5-14-9(8)7(6-12-14)10(11)15/h3-6H,1-2H3,(H2,11,15). The number of hydrogen-bond acceptors (Lipinski definition) is 4. The van der Waals surface area contributed by atoms with Crippen LogP contribution in [0.15, 0.2) is 29.4 Å². The van der Waals surface area contributed by atoms with Gasteiger partial charge in [0.1, 0.15) is 4.90 Å². The topological polar surface area (TPSA) is 97.8 Å². The van der Waals surface area contributed by atoms with Gasteiger partial charge in [0, 0.05) is 20.3 Å². The van der Waals surface area contributed by atoms with Crippen LogP contribution in [0.4, 0.5) is 0 Å². The number of fused-ring (bicyclic) bond motifs is 1. The van der Waals surface area contributed by atoms with Gasteiger partial charge in [-0.3, -0.25) is 4.79 Å². The largest absolute Gasteiger partial charge is 0.365 e. The fourth-order valence-electron chi connectivity index (χ4n) is 1.60. The Balaban J connectivity index is 2.88. The van der Waals surface area contributed by atoms with Gasteiger partial charge in [0.2, 0.25) is 10.0 Å². The fraction of sp³-hybridized carbons (Fsp3) is 0.200. The average Bonchev–Trinajstić information content (AvgIpc) is 2.71. The Kier molecular flexibility index (Phi) is 2.83. The predicted octanol–water partition coefficient (Wildman–Crippen LogP) is -0.316. The van der Waals surface area contributed by atoms with Crippen LogP contribution in [0.25, 0.3) is 5.52 Å². The fourth-order valence-corrected chi connectivity index (χ4v) is 2.69. The number of amides is 1. The summed E-state index contributed by atoms with van der Waals surface area (Å²) in [7, 11) is -0.833. The molecule has 0 saturated carbocycles. The van der Waals surface area contributed by atoms with E-state index in [1.54, 1.807) is 12.3 Å². The van der Waals surface area contributed by atoms with Gasteiger partial charge >= 0.3 is 0 Å². The molecule has 0 atom stereocenters. The molecule has 2 heterocycles. The van der Waals surface area contributed by atoms with Crippen molar-refractivity contribution >= 4 is 21.4 Å². The molecule has 0 aromatic carbocycles. The van der Waals surface area contributed by atoms with Crippen LogP contribution in [0.2, 0.25) is 0 Å². The van der Waals surface area contributed by atoms with E-state index in [1.165, 1.54) is 30.9 Å². The van der Waals surface area contributed by atoms with E-state index in [0.717, 1.165) is 4.31 Å². The number of carbonyl (C=O) groups excluding carboxylic acids is 1. The molecular weight excluding hydrogens is 256 g/mol. The normalized spacial score (nSPS) is 12.2. The third-order valence-electron chi connectivity index (χ3n) is 2.53. The molecule has 7 nitrogen and oxygen atoms in total. The SMILES string of the molecule is CN(C)S(=O)(=O)c1cccn2ncc(C(N)=O)c12. The maximum Gasteiger partial charge on any atom is 0.252 e. The van der Waals surface area contributed by atoms with Crippen molar-refractivity contribution in [1.82, 2.24) is 13.9 Å². The highest BCUT2D eigenvalue weighted by atomic mass is 32.2. The van der Waals surface area contributed by atoms with E-state index in [2.05, 4.69) is 5.10 Å². The van der Waals surface area contributed by atoms with Crippen LogP contribution in [0, 0.1) is 0 Å². The second kappa shape index (κ2) is 4.07. The zero-order valence-corrected chi connectivity index (χ0v) is 10.7. The molecule has 0 aliphatic heterocycles. The maximum atomic E-state index is 12.2. The molecule has 2 N–H and O–H groups in total. The van der Waals surface area contributed by atoms with Gasteiger partial charge < -0.3 is 5.73 Å². The Morgan fingerprint density at radius 1 is 1.44 bits per heavy atom. The Bertz CT molecular complexity index is 718. The monoisotopic (exact) mass is 268 g/mol. The number of aromatic nitrogens is 2. The Morgan fingerprint density at radius 3 is 2.67 bits per heavy atom. The number of primary amides is 1. The van der Waals surface area contributed by atoms with Crippen LogP contribution in [-0.4, -0.2) is 42.3 Å². The first-order valence-electron chi connectivity index (χ1n) is 5.04. The van der Waals surface area contributed by atoms with Crippen molar-refractivity contribution in [2.75, 3.05) is 14.1 Å². The lowest BCUT2D eigenvalue weighted by atomic mass is 10.2. The van der Waals surface area contributed by atoms with Gasteiger partial charge in [-0.25, -0.2) is 17.2 Å². The minimum Gasteiger partial charge on any atom is -0.365 e. The third-order valence-corrected chi connectivity index (χ3v) is 4.37. The number of nitrogens with two attached hydrogens (primary N) is 1. The number of pyridine rings is 1. The van der Waals surface area contributed by atoms with E-state index in [9.17, 15) is 13.2 Å². The van der Waals surface area contributed by atoms with Crippen molar-refractivity contribution in [1.29, 1.82) is 0 Å². The van der Waals surface area contributed by atoms with Gasteiger partial charge in [0.05, 0.1) is 17.3 Å². The molecule has 0 radical (unpaired) electrons. The number of carbonyl (C=O) groups is 1. The van der Waals surface area contributed by atoms with Gasteiger partial charge in [-0.15, -0.1) is 0 Å². The smallest absolute Gasteiger partial charge is 0.252 e. The average molecular weight is 268 g/mol. The molecule has 0 fully saturated rings. The van der Waals surface area contributed by atoms with Crippen molar-refractivity contribution in [2.24, 2.45) is 5.73 Å². The van der Waals surface area contributed by atoms with Crippen LogP contribution >= 0.6 is 0 Å². The molecule has 18 heavy (non-hydrogen) atoms. The van der Waals surface area contributed by atoms with Crippen molar-refractivity contribution in [3.63, 3.8) is 0 Å². The first-order chi connectivity index (χ1) is 8.35. The first-order valence-corrected chi connectivity index (χ1v) is 6.48. The van der Waals surface area contributed by atoms with Crippen molar-refractivity contribution in [3.05, 3.63) is 30.1 Å². The summed E-state index contributed by atoms with van der Waals surface area (Å²) in [5, 5.41) is 3.91. The highest BCUT2D eigenvalue weighted by Crippen LogP contribution is 2.22. The van der Waals surface area contributed by atoms with Gasteiger partial charge in [0.25, 0.3) is 5.91 Å². The number of nitrogens with zero attached hydrogens (tertiary/aromatic N) is 3. The van der Waals surface area contributed by atoms with Crippen LogP contribution in [0.5, 0.6) is 0 Å². The Morgan fingerprint density at radius 2 is 2.11 bits per heavy atom. The number of sulfonamides is 1. The second-order valence-corrected chi connectivity index (χ2v) is 6.00. The molecule has 96 valence electrons. The summed E-state index contributed by atoms with van der Waals surface area (Å²) in [4.78, 5) is 11.3. The summed E-state index contributed by atoms with van der Waals surface area (Å²) >= 11 is 0. The molecule has 1 amide bonds. The summed E-state index contributed by atoms with van der Waals surface area (Å²) < 4.78 is 26.7. The van der Waals surface area contributed by atoms with E-state index < -0.39 is 15.9 Å². The zero-order chi connectivity index (χ0) is 13.5. The summed E-state index contributed by atoms with van der Waals surface area (Å²) in [6.07, 6.45) is 2.81. The lowest BCUT2D eigenvalue weighted by Crippen LogP contribution is -2.23. The van der Waals surface area contributed by atoms with Crippen molar-refractivity contribution in [2.45, 2.75) is 4.90 Å². The molecule has 8 heteroatoms. The predicted molar refractivity (Wildman–Crippen MR) is 64.6 cm³/mol. The highest BCUT2D eigenvalue weighted by molar-refractivity contribution is 7.89. The zero-order valence-electron chi connectivity index (χ0n) is 9.86. The Labute approximate surface area is 104 Å². The second-order valence-electron chi connectivity index (χ2n) is 3.88. The van der Waals surface area contributed by atoms with E-state index in [4.69, 9.17) is 5.73 Å². The lowest BCUT2D eigenvalue weighted by molar-refractivity contribution is 0.100. The molecule has 0 saturated heterocycles. The summed E-state index contributed by atoms with van der Waals surface area (Å²) in [6.45, 7) is 0. The minimum atomic E-state index is -3.66. The maximum absolute atomic E-state index is 12.2. The van der Waals surface area contributed by atoms with E-state index in [1.807, 2.05) is 0 Å². The van der Waals surface area contributed by atoms with Crippen molar-refractivity contribution < 1.29 is 13.2 Å². The lowest BCUT2D eigenvalue weighted by Gasteiger charge is -2.12. The van der Waals surface area contributed by atoms with E-state index in [-0.39, 0.29) is 16.0 Å². The molecule has 0 spiro atoms. The molecule has 0 unspecified atom stereocenters. The molecular formula is C10H12N4O3S. The number of rotatable bonds is 3. The van der Waals surface area contributed by atoms with Crippen molar-refractivity contribution in [3.8, 4) is 0 Å². The molecule has 0 aliphatic carbocycles. The molecule has 2 aromatic heterocycles. The highest BCUT2D eigenvalue weighted by Gasteiger charge is 2.24. The first kappa shape index (κ1) is 12.5. The van der Waals surface area contributed by atoms with Crippen LogP contribution < -0.4 is 5.73 Å². The molecule has 2 aromatic rings.